The molecule has 2 aliphatic rings. The average molecular weight is 362 g/mol. The Labute approximate surface area is 159 Å². The van der Waals surface area contributed by atoms with Crippen molar-refractivity contribution in [1.82, 2.24) is 0 Å². The zero-order valence-corrected chi connectivity index (χ0v) is 16.5. The molecule has 0 heterocycles. The maximum absolute atomic E-state index is 12.7. The second kappa shape index (κ2) is 12.3. The van der Waals surface area contributed by atoms with E-state index in [9.17, 15) is 4.39 Å². The van der Waals surface area contributed by atoms with Gasteiger partial charge in [0.1, 0.15) is 6.07 Å². The summed E-state index contributed by atoms with van der Waals surface area (Å²) in [6, 6.07) is 1.48. The molecule has 0 spiro atoms. The normalized spacial score (nSPS) is 30.4. The fraction of sp³-hybridized carbons (Fsp3) is 0.783. The second-order valence-corrected chi connectivity index (χ2v) is 8.28. The molecular formula is C23H36FNO. The van der Waals surface area contributed by atoms with E-state index in [0.29, 0.717) is 6.10 Å². The summed E-state index contributed by atoms with van der Waals surface area (Å²) < 4.78 is 18.9. The number of allylic oxidation sites excluding steroid dienone is 4. The van der Waals surface area contributed by atoms with E-state index in [0.717, 1.165) is 37.2 Å². The van der Waals surface area contributed by atoms with E-state index in [1.165, 1.54) is 76.4 Å². The summed E-state index contributed by atoms with van der Waals surface area (Å²) in [7, 11) is 0. The molecule has 2 saturated carbocycles. The van der Waals surface area contributed by atoms with Gasteiger partial charge in [-0.2, -0.15) is 9.65 Å². The third-order valence-corrected chi connectivity index (χ3v) is 6.25. The molecule has 0 unspecified atom stereocenters. The monoisotopic (exact) mass is 361 g/mol. The van der Waals surface area contributed by atoms with Gasteiger partial charge in [0.05, 0.1) is 6.10 Å². The molecule has 0 saturated heterocycles. The lowest BCUT2D eigenvalue weighted by molar-refractivity contribution is -0.0101. The maximum atomic E-state index is 12.7. The largest absolute Gasteiger partial charge is 0.378 e. The minimum atomic E-state index is -0.724. The van der Waals surface area contributed by atoms with Crippen LogP contribution in [0.4, 0.5) is 4.39 Å². The molecule has 0 radical (unpaired) electrons. The molecule has 2 fully saturated rings. The van der Waals surface area contributed by atoms with E-state index in [4.69, 9.17) is 10.00 Å². The minimum absolute atomic E-state index is 0.475. The molecule has 0 aromatic heterocycles. The first-order valence-corrected chi connectivity index (χ1v) is 10.7. The van der Waals surface area contributed by atoms with Gasteiger partial charge in [0, 0.05) is 6.61 Å². The van der Waals surface area contributed by atoms with Crippen molar-refractivity contribution in [3.63, 3.8) is 0 Å². The summed E-state index contributed by atoms with van der Waals surface area (Å²) in [6.07, 6.45) is 20.7. The van der Waals surface area contributed by atoms with Crippen molar-refractivity contribution in [1.29, 1.82) is 5.26 Å². The van der Waals surface area contributed by atoms with Gasteiger partial charge in [-0.05, 0) is 75.2 Å². The highest BCUT2D eigenvalue weighted by Gasteiger charge is 2.24. The predicted octanol–water partition coefficient (Wildman–Crippen LogP) is 6.88. The first-order valence-electron chi connectivity index (χ1n) is 10.7. The number of nitriles is 1. The van der Waals surface area contributed by atoms with Crippen LogP contribution in [-0.2, 0) is 4.74 Å². The van der Waals surface area contributed by atoms with Gasteiger partial charge < -0.3 is 4.74 Å². The Morgan fingerprint density at radius 1 is 1.00 bits per heavy atom. The SMILES string of the molecule is CCCC1CCC(COC2CCC(CC/C=C/C=C(\F)C#N)CC2)CC1. The zero-order chi connectivity index (χ0) is 18.6. The number of nitrogens with zero attached hydrogens (tertiary/aromatic N) is 1. The van der Waals surface area contributed by atoms with Crippen LogP contribution in [0.1, 0.15) is 84.0 Å². The zero-order valence-electron chi connectivity index (χ0n) is 16.5. The number of halogens is 1. The van der Waals surface area contributed by atoms with E-state index >= 15 is 0 Å². The van der Waals surface area contributed by atoms with Gasteiger partial charge in [-0.1, -0.05) is 44.8 Å². The first-order chi connectivity index (χ1) is 12.7. The van der Waals surface area contributed by atoms with Crippen molar-refractivity contribution < 1.29 is 9.13 Å². The van der Waals surface area contributed by atoms with Crippen molar-refractivity contribution in [2.24, 2.45) is 17.8 Å². The van der Waals surface area contributed by atoms with Crippen molar-refractivity contribution in [2.45, 2.75) is 90.1 Å². The van der Waals surface area contributed by atoms with Gasteiger partial charge in [0.2, 0.25) is 0 Å². The van der Waals surface area contributed by atoms with Crippen molar-refractivity contribution >= 4 is 0 Å². The molecule has 0 aromatic rings. The number of ether oxygens (including phenoxy) is 1. The highest BCUT2D eigenvalue weighted by Crippen LogP contribution is 2.33. The highest BCUT2D eigenvalue weighted by atomic mass is 19.1. The van der Waals surface area contributed by atoms with Crippen LogP contribution in [0.5, 0.6) is 0 Å². The number of hydrogen-bond donors (Lipinski definition) is 0. The Balaban J connectivity index is 1.53. The predicted molar refractivity (Wildman–Crippen MR) is 105 cm³/mol. The van der Waals surface area contributed by atoms with Crippen LogP contribution >= 0.6 is 0 Å². The van der Waals surface area contributed by atoms with Gasteiger partial charge in [-0.15, -0.1) is 0 Å². The molecule has 146 valence electrons. The Hall–Kier alpha value is -1.14. The van der Waals surface area contributed by atoms with Gasteiger partial charge in [-0.3, -0.25) is 0 Å². The molecule has 0 aliphatic heterocycles. The van der Waals surface area contributed by atoms with Gasteiger partial charge >= 0.3 is 0 Å². The lowest BCUT2D eigenvalue weighted by Crippen LogP contribution is -2.26. The fourth-order valence-electron chi connectivity index (χ4n) is 4.57. The number of hydrogen-bond acceptors (Lipinski definition) is 2. The molecular weight excluding hydrogens is 325 g/mol. The standard InChI is InChI=1S/C23H36FNO/c1-2-6-19-9-11-21(12-10-19)18-26-23-15-13-20(14-16-23)7-4-3-5-8-22(24)17-25/h3,5,8,19-21,23H,2,4,6-7,9-16,18H2,1H3/b5-3+,22-8-. The lowest BCUT2D eigenvalue weighted by atomic mass is 9.80. The van der Waals surface area contributed by atoms with Crippen LogP contribution in [0.3, 0.4) is 0 Å². The quantitative estimate of drug-likeness (QED) is 0.331. The Bertz CT molecular complexity index is 477. The molecule has 2 rings (SSSR count). The van der Waals surface area contributed by atoms with E-state index in [1.807, 2.05) is 6.08 Å². The van der Waals surface area contributed by atoms with Crippen LogP contribution in [0.25, 0.3) is 0 Å². The molecule has 0 atom stereocenters. The van der Waals surface area contributed by atoms with E-state index in [-0.39, 0.29) is 0 Å². The van der Waals surface area contributed by atoms with E-state index in [1.54, 1.807) is 6.08 Å². The summed E-state index contributed by atoms with van der Waals surface area (Å²) in [4.78, 5) is 0. The van der Waals surface area contributed by atoms with Crippen LogP contribution < -0.4 is 0 Å². The van der Waals surface area contributed by atoms with Gasteiger partial charge in [-0.25, -0.2) is 0 Å². The van der Waals surface area contributed by atoms with Crippen LogP contribution in [-0.4, -0.2) is 12.7 Å². The molecule has 0 aromatic carbocycles. The lowest BCUT2D eigenvalue weighted by Gasteiger charge is -2.32. The maximum Gasteiger partial charge on any atom is 0.199 e. The third kappa shape index (κ3) is 8.04. The highest BCUT2D eigenvalue weighted by molar-refractivity contribution is 5.18. The Kier molecular flexibility index (Phi) is 10.00. The second-order valence-electron chi connectivity index (χ2n) is 8.28. The summed E-state index contributed by atoms with van der Waals surface area (Å²) >= 11 is 0. The molecule has 3 heteroatoms. The smallest absolute Gasteiger partial charge is 0.199 e. The van der Waals surface area contributed by atoms with Gasteiger partial charge in [0.25, 0.3) is 0 Å². The Morgan fingerprint density at radius 3 is 2.27 bits per heavy atom. The summed E-state index contributed by atoms with van der Waals surface area (Å²) in [6.45, 7) is 3.28. The minimum Gasteiger partial charge on any atom is -0.378 e. The van der Waals surface area contributed by atoms with Crippen LogP contribution in [0.15, 0.2) is 24.1 Å². The summed E-state index contributed by atoms with van der Waals surface area (Å²) in [5.74, 6) is 1.83. The molecule has 0 amide bonds. The number of rotatable bonds is 9. The van der Waals surface area contributed by atoms with E-state index < -0.39 is 5.83 Å². The fourth-order valence-corrected chi connectivity index (χ4v) is 4.57. The van der Waals surface area contributed by atoms with Crippen molar-refractivity contribution in [3.05, 3.63) is 24.1 Å². The van der Waals surface area contributed by atoms with E-state index in [2.05, 4.69) is 6.92 Å². The summed E-state index contributed by atoms with van der Waals surface area (Å²) in [5, 5.41) is 8.34. The summed E-state index contributed by atoms with van der Waals surface area (Å²) in [5.41, 5.74) is 0. The average Bonchev–Trinajstić information content (AvgIpc) is 2.68. The van der Waals surface area contributed by atoms with Crippen LogP contribution in [0.2, 0.25) is 0 Å². The molecule has 2 nitrogen and oxygen atoms in total. The third-order valence-electron chi connectivity index (χ3n) is 6.25. The van der Waals surface area contributed by atoms with Crippen molar-refractivity contribution in [2.75, 3.05) is 6.61 Å². The van der Waals surface area contributed by atoms with Gasteiger partial charge in [0.15, 0.2) is 5.83 Å². The molecule has 0 N–H and O–H groups in total. The Morgan fingerprint density at radius 2 is 1.62 bits per heavy atom. The van der Waals surface area contributed by atoms with Crippen LogP contribution in [0, 0.1) is 29.1 Å². The first kappa shape index (κ1) is 21.2. The van der Waals surface area contributed by atoms with Crippen molar-refractivity contribution in [3.8, 4) is 6.07 Å². The molecule has 2 aliphatic carbocycles. The molecule has 26 heavy (non-hydrogen) atoms. The molecule has 0 bridgehead atoms. The topological polar surface area (TPSA) is 33.0 Å².